The lowest BCUT2D eigenvalue weighted by atomic mass is 10.1. The average Bonchev–Trinajstić information content (AvgIpc) is 3.08. The van der Waals surface area contributed by atoms with Gasteiger partial charge in [0.1, 0.15) is 5.82 Å². The van der Waals surface area contributed by atoms with Crippen LogP contribution in [0.1, 0.15) is 10.4 Å². The van der Waals surface area contributed by atoms with Crippen LogP contribution in [-0.4, -0.2) is 99.3 Å². The van der Waals surface area contributed by atoms with Crippen molar-refractivity contribution in [2.75, 3.05) is 71.4 Å². The van der Waals surface area contributed by atoms with E-state index >= 15 is 0 Å². The summed E-state index contributed by atoms with van der Waals surface area (Å²) in [6, 6.07) is 4.82. The van der Waals surface area contributed by atoms with Crippen LogP contribution in [0.5, 0.6) is 0 Å². The number of hydrogen-bond donors (Lipinski definition) is 0. The number of carbonyl (C=O) groups excluding carboxylic acids is 1. The molecule has 26 heavy (non-hydrogen) atoms. The number of likely N-dealkylation sites (tertiary alicyclic amines) is 1. The number of amides is 1. The number of fused-ring (bicyclic) bond motifs is 1. The van der Waals surface area contributed by atoms with Crippen molar-refractivity contribution in [1.82, 2.24) is 14.7 Å². The van der Waals surface area contributed by atoms with Gasteiger partial charge in [0.05, 0.1) is 24.3 Å². The maximum atomic E-state index is 14.0. The van der Waals surface area contributed by atoms with Crippen LogP contribution in [0.15, 0.2) is 18.2 Å². The molecule has 6 nitrogen and oxygen atoms in total. The zero-order valence-corrected chi connectivity index (χ0v) is 15.5. The Bertz CT molecular complexity index is 678. The molecular weight excluding hydrogens is 335 g/mol. The number of nitrogens with zero attached hydrogens (tertiary/aromatic N) is 4. The van der Waals surface area contributed by atoms with Crippen LogP contribution in [0.4, 0.5) is 10.1 Å². The van der Waals surface area contributed by atoms with Gasteiger partial charge in [0, 0.05) is 51.5 Å². The summed E-state index contributed by atoms with van der Waals surface area (Å²) in [6.07, 6.45) is 0.0540. The Morgan fingerprint density at radius 3 is 2.62 bits per heavy atom. The molecule has 0 aliphatic carbocycles. The number of rotatable bonds is 2. The van der Waals surface area contributed by atoms with Gasteiger partial charge in [0.2, 0.25) is 0 Å². The second kappa shape index (κ2) is 7.13. The van der Waals surface area contributed by atoms with E-state index in [0.717, 1.165) is 38.4 Å². The van der Waals surface area contributed by atoms with Gasteiger partial charge in [0.25, 0.3) is 5.91 Å². The Morgan fingerprint density at radius 1 is 1.12 bits per heavy atom. The molecular formula is C19H27FN4O2. The molecule has 0 saturated carbocycles. The highest BCUT2D eigenvalue weighted by Crippen LogP contribution is 2.28. The van der Waals surface area contributed by atoms with E-state index in [-0.39, 0.29) is 23.9 Å². The van der Waals surface area contributed by atoms with Gasteiger partial charge in [-0.25, -0.2) is 4.39 Å². The van der Waals surface area contributed by atoms with Gasteiger partial charge in [-0.15, -0.1) is 0 Å². The van der Waals surface area contributed by atoms with E-state index in [1.54, 1.807) is 6.07 Å². The normalized spacial score (nSPS) is 27.7. The van der Waals surface area contributed by atoms with E-state index in [1.807, 2.05) is 4.90 Å². The fourth-order valence-electron chi connectivity index (χ4n) is 4.20. The molecule has 1 aromatic carbocycles. The summed E-state index contributed by atoms with van der Waals surface area (Å²) < 4.78 is 19.8. The topological polar surface area (TPSA) is 39.3 Å². The molecule has 3 aliphatic heterocycles. The van der Waals surface area contributed by atoms with Crippen LogP contribution in [-0.2, 0) is 4.74 Å². The zero-order chi connectivity index (χ0) is 18.3. The lowest BCUT2D eigenvalue weighted by Crippen LogP contribution is -2.48. The Balaban J connectivity index is 1.57. The minimum absolute atomic E-state index is 0.0540. The van der Waals surface area contributed by atoms with Gasteiger partial charge in [-0.2, -0.15) is 0 Å². The predicted octanol–water partition coefficient (Wildman–Crippen LogP) is 0.733. The van der Waals surface area contributed by atoms with Crippen molar-refractivity contribution in [3.8, 4) is 0 Å². The molecule has 0 aromatic heterocycles. The van der Waals surface area contributed by atoms with Crippen LogP contribution in [0.3, 0.4) is 0 Å². The van der Waals surface area contributed by atoms with Crippen molar-refractivity contribution in [2.24, 2.45) is 0 Å². The number of piperazine rings is 1. The smallest absolute Gasteiger partial charge is 0.256 e. The van der Waals surface area contributed by atoms with Crippen LogP contribution in [0, 0.1) is 5.82 Å². The van der Waals surface area contributed by atoms with E-state index in [0.29, 0.717) is 25.3 Å². The molecule has 3 heterocycles. The molecule has 4 rings (SSSR count). The number of likely N-dealkylation sites (N-methyl/N-ethyl adjacent to an activating group) is 2. The summed E-state index contributed by atoms with van der Waals surface area (Å²) in [7, 11) is 4.17. The highest BCUT2D eigenvalue weighted by molar-refractivity contribution is 6.00. The summed E-state index contributed by atoms with van der Waals surface area (Å²) in [4.78, 5) is 21.8. The van der Waals surface area contributed by atoms with Crippen molar-refractivity contribution in [3.05, 3.63) is 29.6 Å². The number of anilines is 1. The first kappa shape index (κ1) is 17.7. The van der Waals surface area contributed by atoms with Crippen molar-refractivity contribution in [3.63, 3.8) is 0 Å². The molecule has 0 N–H and O–H groups in total. The van der Waals surface area contributed by atoms with E-state index < -0.39 is 0 Å². The monoisotopic (exact) mass is 362 g/mol. The van der Waals surface area contributed by atoms with Crippen molar-refractivity contribution >= 4 is 11.6 Å². The standard InChI is InChI=1S/C19H27FN4O2/c1-21-5-7-23(8-6-21)16-4-3-14(20)11-15(16)19(25)24-12-17-18(13-24)26-10-9-22(17)2/h3-4,11,17-18H,5-10,12-13H2,1-2H3/t17-,18+/m0/s1. The Hall–Kier alpha value is -1.70. The molecule has 3 saturated heterocycles. The van der Waals surface area contributed by atoms with E-state index in [4.69, 9.17) is 4.74 Å². The van der Waals surface area contributed by atoms with Crippen molar-refractivity contribution in [2.45, 2.75) is 12.1 Å². The quantitative estimate of drug-likeness (QED) is 0.776. The van der Waals surface area contributed by atoms with E-state index in [2.05, 4.69) is 28.8 Å². The predicted molar refractivity (Wildman–Crippen MR) is 98.2 cm³/mol. The van der Waals surface area contributed by atoms with E-state index in [1.165, 1.54) is 12.1 Å². The average molecular weight is 362 g/mol. The lowest BCUT2D eigenvalue weighted by Gasteiger charge is -2.35. The number of halogens is 1. The van der Waals surface area contributed by atoms with Crippen LogP contribution in [0.2, 0.25) is 0 Å². The summed E-state index contributed by atoms with van der Waals surface area (Å²) in [5, 5.41) is 0. The maximum absolute atomic E-state index is 14.0. The second-order valence-electron chi connectivity index (χ2n) is 7.62. The first-order chi connectivity index (χ1) is 12.5. The largest absolute Gasteiger partial charge is 0.373 e. The third-order valence-corrected chi connectivity index (χ3v) is 5.90. The summed E-state index contributed by atoms with van der Waals surface area (Å²) >= 11 is 0. The number of carbonyl (C=O) groups is 1. The van der Waals surface area contributed by atoms with E-state index in [9.17, 15) is 9.18 Å². The molecule has 0 radical (unpaired) electrons. The number of morpholine rings is 1. The van der Waals surface area contributed by atoms with Crippen LogP contribution >= 0.6 is 0 Å². The molecule has 0 spiro atoms. The second-order valence-corrected chi connectivity index (χ2v) is 7.62. The van der Waals surface area contributed by atoms with Gasteiger partial charge in [-0.05, 0) is 32.3 Å². The third kappa shape index (κ3) is 3.31. The molecule has 0 unspecified atom stereocenters. The Kier molecular flexibility index (Phi) is 4.86. The molecule has 1 aromatic rings. The molecule has 3 aliphatic rings. The van der Waals surface area contributed by atoms with Gasteiger partial charge in [0.15, 0.2) is 0 Å². The van der Waals surface area contributed by atoms with Gasteiger partial charge < -0.3 is 19.4 Å². The summed E-state index contributed by atoms with van der Waals surface area (Å²) in [5.74, 6) is -0.457. The molecule has 2 atom stereocenters. The fourth-order valence-corrected chi connectivity index (χ4v) is 4.20. The molecule has 0 bridgehead atoms. The van der Waals surface area contributed by atoms with Crippen LogP contribution < -0.4 is 4.90 Å². The third-order valence-electron chi connectivity index (χ3n) is 5.90. The number of hydrogen-bond acceptors (Lipinski definition) is 5. The minimum atomic E-state index is -0.365. The highest BCUT2D eigenvalue weighted by atomic mass is 19.1. The van der Waals surface area contributed by atoms with Gasteiger partial charge in [-0.3, -0.25) is 9.69 Å². The van der Waals surface area contributed by atoms with Crippen LogP contribution in [0.25, 0.3) is 0 Å². The SMILES string of the molecule is CN1CCN(c2ccc(F)cc2C(=O)N2C[C@H]3OCCN(C)[C@H]3C2)CC1. The summed E-state index contributed by atoms with van der Waals surface area (Å²) in [5.41, 5.74) is 1.31. The number of ether oxygens (including phenoxy) is 1. The first-order valence-electron chi connectivity index (χ1n) is 9.37. The molecule has 142 valence electrons. The van der Waals surface area contributed by atoms with Crippen molar-refractivity contribution < 1.29 is 13.9 Å². The summed E-state index contributed by atoms with van der Waals surface area (Å²) in [6.45, 7) is 6.38. The molecule has 7 heteroatoms. The molecule has 1 amide bonds. The molecule has 3 fully saturated rings. The number of benzene rings is 1. The fraction of sp³-hybridized carbons (Fsp3) is 0.632. The lowest BCUT2D eigenvalue weighted by molar-refractivity contribution is -0.0368. The Morgan fingerprint density at radius 2 is 1.88 bits per heavy atom. The first-order valence-corrected chi connectivity index (χ1v) is 9.37. The maximum Gasteiger partial charge on any atom is 0.256 e. The highest BCUT2D eigenvalue weighted by Gasteiger charge is 2.41. The van der Waals surface area contributed by atoms with Crippen molar-refractivity contribution in [1.29, 1.82) is 0 Å². The van der Waals surface area contributed by atoms with Gasteiger partial charge >= 0.3 is 0 Å². The zero-order valence-electron chi connectivity index (χ0n) is 15.5. The van der Waals surface area contributed by atoms with Gasteiger partial charge in [-0.1, -0.05) is 0 Å². The Labute approximate surface area is 154 Å². The minimum Gasteiger partial charge on any atom is -0.373 e.